The maximum absolute atomic E-state index is 10.7. The van der Waals surface area contributed by atoms with Crippen LogP contribution in [0.1, 0.15) is 33.4 Å². The highest BCUT2D eigenvalue weighted by molar-refractivity contribution is 6.62. The third-order valence-electron chi connectivity index (χ3n) is 3.70. The molecule has 0 amide bonds. The van der Waals surface area contributed by atoms with E-state index in [1.54, 1.807) is 18.3 Å². The second-order valence-corrected chi connectivity index (χ2v) is 5.74. The molecule has 1 aliphatic rings. The van der Waals surface area contributed by atoms with Gasteiger partial charge in [0, 0.05) is 6.20 Å². The van der Waals surface area contributed by atoms with Gasteiger partial charge in [0.25, 0.3) is 0 Å². The van der Waals surface area contributed by atoms with Crippen LogP contribution in [0.3, 0.4) is 0 Å². The molecule has 19 heavy (non-hydrogen) atoms. The lowest BCUT2D eigenvalue weighted by molar-refractivity contribution is -0.136. The minimum Gasteiger partial charge on any atom is -0.481 e. The maximum atomic E-state index is 10.7. The lowest BCUT2D eigenvalue weighted by atomic mass is 9.79. The van der Waals surface area contributed by atoms with E-state index in [-0.39, 0.29) is 6.42 Å². The summed E-state index contributed by atoms with van der Waals surface area (Å²) in [6.45, 7) is 7.91. The van der Waals surface area contributed by atoms with Crippen molar-refractivity contribution < 1.29 is 19.2 Å². The molecule has 1 saturated heterocycles. The van der Waals surface area contributed by atoms with E-state index in [0.29, 0.717) is 5.69 Å². The minimum atomic E-state index is -0.904. The van der Waals surface area contributed by atoms with Gasteiger partial charge in [0.15, 0.2) is 0 Å². The van der Waals surface area contributed by atoms with Crippen molar-refractivity contribution in [2.75, 3.05) is 0 Å². The summed E-state index contributed by atoms with van der Waals surface area (Å²) >= 11 is 0. The number of aliphatic carboxylic acids is 1. The fourth-order valence-electron chi connectivity index (χ4n) is 1.87. The summed E-state index contributed by atoms with van der Waals surface area (Å²) in [5.41, 5.74) is 0.478. The standard InChI is InChI=1S/C13H18BNO4/c1-12(2)13(3,4)19-14(18-12)9-5-6-15-10(7-9)8-11(16)17/h5-7H,8H2,1-4H3,(H,16,17). The normalized spacial score (nSPS) is 20.5. The van der Waals surface area contributed by atoms with Crippen LogP contribution >= 0.6 is 0 Å². The number of aromatic nitrogens is 1. The van der Waals surface area contributed by atoms with Gasteiger partial charge in [-0.05, 0) is 45.3 Å². The van der Waals surface area contributed by atoms with Gasteiger partial charge in [-0.15, -0.1) is 0 Å². The Balaban J connectivity index is 2.22. The van der Waals surface area contributed by atoms with Gasteiger partial charge in [0.1, 0.15) is 0 Å². The zero-order valence-electron chi connectivity index (χ0n) is 11.6. The van der Waals surface area contributed by atoms with E-state index in [9.17, 15) is 4.79 Å². The Morgan fingerprint density at radius 1 is 1.32 bits per heavy atom. The first kappa shape index (κ1) is 14.0. The molecule has 1 N–H and O–H groups in total. The molecule has 1 fully saturated rings. The van der Waals surface area contributed by atoms with Crippen LogP contribution in [0, 0.1) is 0 Å². The number of hydrogen-bond donors (Lipinski definition) is 1. The monoisotopic (exact) mass is 263 g/mol. The Hall–Kier alpha value is -1.40. The summed E-state index contributed by atoms with van der Waals surface area (Å²) in [4.78, 5) is 14.7. The number of carbonyl (C=O) groups is 1. The Kier molecular flexibility index (Phi) is 3.41. The largest absolute Gasteiger partial charge is 0.494 e. The van der Waals surface area contributed by atoms with E-state index >= 15 is 0 Å². The van der Waals surface area contributed by atoms with Crippen LogP contribution in [0.15, 0.2) is 18.3 Å². The van der Waals surface area contributed by atoms with Gasteiger partial charge >= 0.3 is 13.1 Å². The van der Waals surface area contributed by atoms with Crippen molar-refractivity contribution >= 4 is 18.6 Å². The van der Waals surface area contributed by atoms with Crippen molar-refractivity contribution in [2.24, 2.45) is 0 Å². The molecule has 5 nitrogen and oxygen atoms in total. The molecule has 2 rings (SSSR count). The predicted molar refractivity (Wildman–Crippen MR) is 71.3 cm³/mol. The van der Waals surface area contributed by atoms with E-state index in [4.69, 9.17) is 14.4 Å². The van der Waals surface area contributed by atoms with E-state index in [0.717, 1.165) is 5.46 Å². The van der Waals surface area contributed by atoms with Crippen LogP contribution in [0.2, 0.25) is 0 Å². The molecule has 0 radical (unpaired) electrons. The van der Waals surface area contributed by atoms with Crippen molar-refractivity contribution in [1.29, 1.82) is 0 Å². The molecule has 0 aliphatic carbocycles. The molecular weight excluding hydrogens is 245 g/mol. The zero-order valence-corrected chi connectivity index (χ0v) is 11.6. The molecule has 1 aromatic rings. The number of pyridine rings is 1. The third-order valence-corrected chi connectivity index (χ3v) is 3.70. The van der Waals surface area contributed by atoms with Crippen LogP contribution in [-0.2, 0) is 20.5 Å². The van der Waals surface area contributed by atoms with Crippen LogP contribution in [0.4, 0.5) is 0 Å². The smallest absolute Gasteiger partial charge is 0.481 e. The van der Waals surface area contributed by atoms with Gasteiger partial charge in [-0.25, -0.2) is 0 Å². The molecule has 6 heteroatoms. The van der Waals surface area contributed by atoms with Crippen molar-refractivity contribution in [3.8, 4) is 0 Å². The molecule has 2 heterocycles. The molecule has 1 aliphatic heterocycles. The second-order valence-electron chi connectivity index (χ2n) is 5.74. The van der Waals surface area contributed by atoms with Crippen LogP contribution in [0.5, 0.6) is 0 Å². The lowest BCUT2D eigenvalue weighted by Gasteiger charge is -2.32. The van der Waals surface area contributed by atoms with Gasteiger partial charge < -0.3 is 14.4 Å². The molecule has 0 atom stereocenters. The topological polar surface area (TPSA) is 68.7 Å². The summed E-state index contributed by atoms with van der Waals surface area (Å²) < 4.78 is 11.8. The summed E-state index contributed by atoms with van der Waals surface area (Å²) in [7, 11) is -0.486. The van der Waals surface area contributed by atoms with Crippen LogP contribution < -0.4 is 5.46 Å². The number of hydrogen-bond acceptors (Lipinski definition) is 4. The molecule has 0 spiro atoms. The highest BCUT2D eigenvalue weighted by atomic mass is 16.7. The van der Waals surface area contributed by atoms with Gasteiger partial charge in [-0.2, -0.15) is 0 Å². The number of rotatable bonds is 3. The Morgan fingerprint density at radius 2 is 1.89 bits per heavy atom. The van der Waals surface area contributed by atoms with Crippen molar-refractivity contribution in [3.63, 3.8) is 0 Å². The van der Waals surface area contributed by atoms with Crippen LogP contribution in [-0.4, -0.2) is 34.4 Å². The van der Waals surface area contributed by atoms with Gasteiger partial charge in [0.2, 0.25) is 0 Å². The highest BCUT2D eigenvalue weighted by Gasteiger charge is 2.51. The minimum absolute atomic E-state index is 0.104. The quantitative estimate of drug-likeness (QED) is 0.824. The molecule has 102 valence electrons. The Labute approximate surface area is 113 Å². The Bertz CT molecular complexity index is 485. The summed E-state index contributed by atoms with van der Waals surface area (Å²) in [6, 6.07) is 3.50. The van der Waals surface area contributed by atoms with E-state index in [2.05, 4.69) is 4.98 Å². The van der Waals surface area contributed by atoms with E-state index in [1.165, 1.54) is 0 Å². The van der Waals surface area contributed by atoms with E-state index < -0.39 is 24.3 Å². The predicted octanol–water partition coefficient (Wildman–Crippen LogP) is 1.01. The average molecular weight is 263 g/mol. The SMILES string of the molecule is CC1(C)OB(c2ccnc(CC(=O)O)c2)OC1(C)C. The fourth-order valence-corrected chi connectivity index (χ4v) is 1.87. The van der Waals surface area contributed by atoms with Crippen molar-refractivity contribution in [1.82, 2.24) is 4.98 Å². The van der Waals surface area contributed by atoms with Crippen molar-refractivity contribution in [3.05, 3.63) is 24.0 Å². The molecule has 0 aromatic carbocycles. The average Bonchev–Trinajstić information content (AvgIpc) is 2.47. The number of nitrogens with zero attached hydrogens (tertiary/aromatic N) is 1. The molecular formula is C13H18BNO4. The lowest BCUT2D eigenvalue weighted by Crippen LogP contribution is -2.41. The molecule has 0 unspecified atom stereocenters. The summed E-state index contributed by atoms with van der Waals surface area (Å²) in [6.07, 6.45) is 1.48. The first-order chi connectivity index (χ1) is 8.71. The summed E-state index contributed by atoms with van der Waals surface area (Å²) in [5, 5.41) is 8.79. The summed E-state index contributed by atoms with van der Waals surface area (Å²) in [5.74, 6) is -0.904. The number of carboxylic acid groups (broad SMARTS) is 1. The molecule has 0 bridgehead atoms. The van der Waals surface area contributed by atoms with Crippen LogP contribution in [0.25, 0.3) is 0 Å². The first-order valence-electron chi connectivity index (χ1n) is 6.23. The highest BCUT2D eigenvalue weighted by Crippen LogP contribution is 2.36. The fraction of sp³-hybridized carbons (Fsp3) is 0.538. The molecule has 0 saturated carbocycles. The van der Waals surface area contributed by atoms with Gasteiger partial charge in [0.05, 0.1) is 23.3 Å². The third kappa shape index (κ3) is 2.79. The first-order valence-corrected chi connectivity index (χ1v) is 6.23. The van der Waals surface area contributed by atoms with Crippen molar-refractivity contribution in [2.45, 2.75) is 45.3 Å². The second kappa shape index (κ2) is 4.61. The van der Waals surface area contributed by atoms with Gasteiger partial charge in [-0.3, -0.25) is 9.78 Å². The number of carboxylic acids is 1. The maximum Gasteiger partial charge on any atom is 0.494 e. The van der Waals surface area contributed by atoms with Gasteiger partial charge in [-0.1, -0.05) is 0 Å². The molecule has 1 aromatic heterocycles. The van der Waals surface area contributed by atoms with E-state index in [1.807, 2.05) is 27.7 Å². The Morgan fingerprint density at radius 3 is 2.42 bits per heavy atom. The zero-order chi connectivity index (χ0) is 14.3.